The van der Waals surface area contributed by atoms with Crippen LogP contribution in [0.3, 0.4) is 0 Å². The molecule has 4 heteroatoms. The van der Waals surface area contributed by atoms with Crippen molar-refractivity contribution in [1.82, 2.24) is 19.6 Å². The van der Waals surface area contributed by atoms with Gasteiger partial charge in [-0.3, -0.25) is 0 Å². The Hall–Kier alpha value is -2.36. The average molecular weight is 208 g/mol. The molecule has 4 nitrogen and oxygen atoms in total. The maximum Gasteiger partial charge on any atom is 0.157 e. The largest absolute Gasteiger partial charge is 0.354 e. The van der Waals surface area contributed by atoms with Gasteiger partial charge in [0.1, 0.15) is 6.33 Å². The fourth-order valence-electron chi connectivity index (χ4n) is 2.15. The average Bonchev–Trinajstić information content (AvgIpc) is 2.88. The highest BCUT2D eigenvalue weighted by Crippen LogP contribution is 2.25. The molecule has 1 aromatic carbocycles. The summed E-state index contributed by atoms with van der Waals surface area (Å²) < 4.78 is 1.79. The molecule has 0 saturated carbocycles. The minimum absolute atomic E-state index is 0.860. The first-order chi connectivity index (χ1) is 7.92. The van der Waals surface area contributed by atoms with Crippen LogP contribution in [0.15, 0.2) is 42.9 Å². The number of nitrogens with one attached hydrogen (secondary N) is 1. The molecular formula is C12H8N4. The third-order valence-electron chi connectivity index (χ3n) is 2.90. The number of nitrogens with zero attached hydrogens (tertiary/aromatic N) is 3. The van der Waals surface area contributed by atoms with Crippen molar-refractivity contribution >= 4 is 27.5 Å². The first kappa shape index (κ1) is 7.87. The maximum atomic E-state index is 4.17. The van der Waals surface area contributed by atoms with Gasteiger partial charge in [0.25, 0.3) is 0 Å². The number of aromatic amines is 1. The van der Waals surface area contributed by atoms with Crippen molar-refractivity contribution in [3.8, 4) is 0 Å². The van der Waals surface area contributed by atoms with Crippen LogP contribution in [0.2, 0.25) is 0 Å². The van der Waals surface area contributed by atoms with Crippen LogP contribution in [0, 0.1) is 0 Å². The van der Waals surface area contributed by atoms with E-state index in [0.717, 1.165) is 16.7 Å². The lowest BCUT2D eigenvalue weighted by molar-refractivity contribution is 0.970. The predicted octanol–water partition coefficient (Wildman–Crippen LogP) is 2.36. The second-order valence-corrected chi connectivity index (χ2v) is 3.83. The molecule has 0 radical (unpaired) electrons. The molecule has 0 fully saturated rings. The number of rotatable bonds is 0. The molecule has 4 aromatic rings. The number of para-hydroxylation sites is 1. The van der Waals surface area contributed by atoms with E-state index < -0.39 is 0 Å². The minimum atomic E-state index is 0.860. The molecule has 0 bridgehead atoms. The molecular weight excluding hydrogens is 200 g/mol. The van der Waals surface area contributed by atoms with Crippen LogP contribution in [0.4, 0.5) is 0 Å². The minimum Gasteiger partial charge on any atom is -0.354 e. The van der Waals surface area contributed by atoms with E-state index in [-0.39, 0.29) is 0 Å². The molecule has 0 unspecified atom stereocenters. The SMILES string of the molecule is c1ccc2c(c1)[nH]c1cc3ncnn3cc12. The summed E-state index contributed by atoms with van der Waals surface area (Å²) in [4.78, 5) is 7.55. The van der Waals surface area contributed by atoms with E-state index in [9.17, 15) is 0 Å². The van der Waals surface area contributed by atoms with Crippen molar-refractivity contribution < 1.29 is 0 Å². The van der Waals surface area contributed by atoms with E-state index in [1.807, 2.05) is 24.4 Å². The Morgan fingerprint density at radius 2 is 2.00 bits per heavy atom. The van der Waals surface area contributed by atoms with Gasteiger partial charge in [-0.15, -0.1) is 0 Å². The summed E-state index contributed by atoms with van der Waals surface area (Å²) in [7, 11) is 0. The van der Waals surface area contributed by atoms with Crippen LogP contribution in [-0.2, 0) is 0 Å². The highest BCUT2D eigenvalue weighted by atomic mass is 15.3. The van der Waals surface area contributed by atoms with Crippen LogP contribution in [0.1, 0.15) is 0 Å². The molecule has 0 aliphatic carbocycles. The third-order valence-corrected chi connectivity index (χ3v) is 2.90. The molecule has 76 valence electrons. The van der Waals surface area contributed by atoms with E-state index in [1.165, 1.54) is 10.8 Å². The van der Waals surface area contributed by atoms with Crippen molar-refractivity contribution in [2.24, 2.45) is 0 Å². The van der Waals surface area contributed by atoms with Gasteiger partial charge in [0.2, 0.25) is 0 Å². The zero-order valence-corrected chi connectivity index (χ0v) is 8.38. The fourth-order valence-corrected chi connectivity index (χ4v) is 2.15. The normalized spacial score (nSPS) is 11.8. The van der Waals surface area contributed by atoms with E-state index in [4.69, 9.17) is 0 Å². The van der Waals surface area contributed by atoms with Crippen molar-refractivity contribution in [3.63, 3.8) is 0 Å². The Morgan fingerprint density at radius 1 is 1.06 bits per heavy atom. The Bertz CT molecular complexity index is 809. The van der Waals surface area contributed by atoms with Gasteiger partial charge in [-0.1, -0.05) is 18.2 Å². The molecule has 0 spiro atoms. The number of H-pyrrole nitrogens is 1. The molecule has 3 aromatic heterocycles. The van der Waals surface area contributed by atoms with E-state index in [2.05, 4.69) is 27.2 Å². The van der Waals surface area contributed by atoms with Crippen LogP contribution in [-0.4, -0.2) is 19.6 Å². The van der Waals surface area contributed by atoms with Crippen LogP contribution >= 0.6 is 0 Å². The summed E-state index contributed by atoms with van der Waals surface area (Å²) in [5, 5.41) is 6.54. The predicted molar refractivity (Wildman–Crippen MR) is 62.3 cm³/mol. The summed E-state index contributed by atoms with van der Waals surface area (Å²) in [6.07, 6.45) is 3.58. The van der Waals surface area contributed by atoms with Crippen molar-refractivity contribution in [1.29, 1.82) is 0 Å². The van der Waals surface area contributed by atoms with E-state index >= 15 is 0 Å². The van der Waals surface area contributed by atoms with Gasteiger partial charge in [0.05, 0.1) is 5.52 Å². The highest BCUT2D eigenvalue weighted by molar-refractivity contribution is 6.07. The van der Waals surface area contributed by atoms with Crippen LogP contribution in [0.5, 0.6) is 0 Å². The number of fused-ring (bicyclic) bond motifs is 4. The topological polar surface area (TPSA) is 46.0 Å². The Morgan fingerprint density at radius 3 is 3.00 bits per heavy atom. The monoisotopic (exact) mass is 208 g/mol. The van der Waals surface area contributed by atoms with Crippen LogP contribution < -0.4 is 0 Å². The molecule has 4 rings (SSSR count). The quantitative estimate of drug-likeness (QED) is 0.482. The zero-order chi connectivity index (χ0) is 10.5. The van der Waals surface area contributed by atoms with E-state index in [0.29, 0.717) is 0 Å². The maximum absolute atomic E-state index is 4.17. The highest BCUT2D eigenvalue weighted by Gasteiger charge is 2.05. The van der Waals surface area contributed by atoms with Crippen LogP contribution in [0.25, 0.3) is 27.5 Å². The standard InChI is InChI=1S/C12H8N4/c1-2-4-10-8(3-1)9-6-16-12(13-7-14-16)5-11(9)15-10/h1-7,15H. The van der Waals surface area contributed by atoms with Gasteiger partial charge in [-0.05, 0) is 6.07 Å². The van der Waals surface area contributed by atoms with Gasteiger partial charge in [-0.2, -0.15) is 5.10 Å². The Kier molecular flexibility index (Phi) is 1.28. The fraction of sp³-hybridized carbons (Fsp3) is 0. The second-order valence-electron chi connectivity index (χ2n) is 3.83. The summed E-state index contributed by atoms with van der Waals surface area (Å²) in [6.45, 7) is 0. The number of benzene rings is 1. The Labute approximate surface area is 90.5 Å². The summed E-state index contributed by atoms with van der Waals surface area (Å²) in [6, 6.07) is 10.3. The summed E-state index contributed by atoms with van der Waals surface area (Å²) in [5.74, 6) is 0. The molecule has 0 amide bonds. The van der Waals surface area contributed by atoms with Gasteiger partial charge >= 0.3 is 0 Å². The van der Waals surface area contributed by atoms with Crippen molar-refractivity contribution in [3.05, 3.63) is 42.9 Å². The molecule has 0 saturated heterocycles. The van der Waals surface area contributed by atoms with Gasteiger partial charge in [0, 0.05) is 28.6 Å². The summed E-state index contributed by atoms with van der Waals surface area (Å²) >= 11 is 0. The molecule has 0 atom stereocenters. The van der Waals surface area contributed by atoms with E-state index in [1.54, 1.807) is 10.8 Å². The lowest BCUT2D eigenvalue weighted by Crippen LogP contribution is -1.85. The zero-order valence-electron chi connectivity index (χ0n) is 8.38. The third kappa shape index (κ3) is 0.883. The van der Waals surface area contributed by atoms with Gasteiger partial charge in [0.15, 0.2) is 5.65 Å². The first-order valence-electron chi connectivity index (χ1n) is 5.12. The molecule has 0 aliphatic rings. The molecule has 1 N–H and O–H groups in total. The van der Waals surface area contributed by atoms with Crippen molar-refractivity contribution in [2.45, 2.75) is 0 Å². The number of hydrogen-bond donors (Lipinski definition) is 1. The lowest BCUT2D eigenvalue weighted by Gasteiger charge is -1.92. The number of hydrogen-bond acceptors (Lipinski definition) is 2. The number of pyridine rings is 1. The molecule has 0 aliphatic heterocycles. The second kappa shape index (κ2) is 2.61. The van der Waals surface area contributed by atoms with Gasteiger partial charge in [-0.25, -0.2) is 9.50 Å². The van der Waals surface area contributed by atoms with Gasteiger partial charge < -0.3 is 4.98 Å². The Balaban J connectivity index is 2.32. The smallest absolute Gasteiger partial charge is 0.157 e. The molecule has 16 heavy (non-hydrogen) atoms. The first-order valence-corrected chi connectivity index (χ1v) is 5.12. The summed E-state index contributed by atoms with van der Waals surface area (Å²) in [5.41, 5.74) is 3.10. The lowest BCUT2D eigenvalue weighted by atomic mass is 10.2. The number of aromatic nitrogens is 4. The van der Waals surface area contributed by atoms with Crippen molar-refractivity contribution in [2.75, 3.05) is 0 Å². The molecule has 3 heterocycles.